The van der Waals surface area contributed by atoms with E-state index < -0.39 is 0 Å². The van der Waals surface area contributed by atoms with Crippen LogP contribution in [0.3, 0.4) is 0 Å². The van der Waals surface area contributed by atoms with Gasteiger partial charge >= 0.3 is 0 Å². The van der Waals surface area contributed by atoms with E-state index in [4.69, 9.17) is 4.42 Å². The number of hydrogen-bond donors (Lipinski definition) is 2. The van der Waals surface area contributed by atoms with Crippen molar-refractivity contribution in [2.24, 2.45) is 0 Å². The fraction of sp³-hybridized carbons (Fsp3) is 0.429. The van der Waals surface area contributed by atoms with Gasteiger partial charge in [0.15, 0.2) is 11.5 Å². The van der Waals surface area contributed by atoms with E-state index in [1.807, 2.05) is 6.07 Å². The Kier molecular flexibility index (Phi) is 5.23. The molecule has 2 aromatic heterocycles. The van der Waals surface area contributed by atoms with Gasteiger partial charge in [0.2, 0.25) is 0 Å². The van der Waals surface area contributed by atoms with E-state index in [2.05, 4.69) is 20.3 Å². The molecule has 0 radical (unpaired) electrons. The highest BCUT2D eigenvalue weighted by Gasteiger charge is 2.21. The lowest BCUT2D eigenvalue weighted by Gasteiger charge is -2.17. The summed E-state index contributed by atoms with van der Waals surface area (Å²) < 4.78 is 5.96. The number of benzene rings is 1. The summed E-state index contributed by atoms with van der Waals surface area (Å²) in [4.78, 5) is 35.4. The zero-order valence-electron chi connectivity index (χ0n) is 16.0. The van der Waals surface area contributed by atoms with Gasteiger partial charge in [-0.1, -0.05) is 19.3 Å². The number of H-pyrrole nitrogens is 1. The van der Waals surface area contributed by atoms with Gasteiger partial charge in [-0.2, -0.15) is 0 Å². The number of amides is 1. The van der Waals surface area contributed by atoms with Crippen LogP contribution in [0.5, 0.6) is 0 Å². The summed E-state index contributed by atoms with van der Waals surface area (Å²) in [6.45, 7) is 2.13. The Morgan fingerprint density at radius 3 is 2.82 bits per heavy atom. The lowest BCUT2D eigenvalue weighted by Crippen LogP contribution is -2.26. The second-order valence-electron chi connectivity index (χ2n) is 7.40. The van der Waals surface area contributed by atoms with Crippen LogP contribution in [-0.2, 0) is 6.42 Å². The van der Waals surface area contributed by atoms with Crippen LogP contribution in [0.15, 0.2) is 33.5 Å². The molecule has 0 atom stereocenters. The maximum Gasteiger partial charge on any atom is 0.251 e. The number of aromatic amines is 1. The second kappa shape index (κ2) is 7.96. The third-order valence-electron chi connectivity index (χ3n) is 5.20. The third kappa shape index (κ3) is 4.13. The molecule has 1 fully saturated rings. The summed E-state index contributed by atoms with van der Waals surface area (Å²) in [5.41, 5.74) is 2.46. The van der Waals surface area contributed by atoms with Gasteiger partial charge in [-0.25, -0.2) is 9.97 Å². The van der Waals surface area contributed by atoms with E-state index in [1.165, 1.54) is 25.3 Å². The van der Waals surface area contributed by atoms with Gasteiger partial charge in [0.25, 0.3) is 11.5 Å². The maximum absolute atomic E-state index is 12.5. The highest BCUT2D eigenvalue weighted by atomic mass is 16.3. The largest absolute Gasteiger partial charge is 0.440 e. The first kappa shape index (κ1) is 18.4. The van der Waals surface area contributed by atoms with Gasteiger partial charge in [-0.15, -0.1) is 0 Å². The first-order chi connectivity index (χ1) is 13.6. The van der Waals surface area contributed by atoms with Crippen molar-refractivity contribution in [2.75, 3.05) is 6.54 Å². The Labute approximate surface area is 162 Å². The molecule has 0 unspecified atom stereocenters. The standard InChI is InChI=1S/C21H24N4O3/c1-13-23-16(12-19(26)24-13)9-10-22-20(27)15-7-8-17-18(11-15)28-21(25-17)14-5-3-2-4-6-14/h7-8,11-12,14H,2-6,9-10H2,1H3,(H,22,27)(H,23,24,26). The van der Waals surface area contributed by atoms with Gasteiger partial charge in [0.1, 0.15) is 11.3 Å². The molecule has 7 heteroatoms. The first-order valence-corrected chi connectivity index (χ1v) is 9.84. The Balaban J connectivity index is 1.41. The van der Waals surface area contributed by atoms with Crippen LogP contribution in [-0.4, -0.2) is 27.4 Å². The summed E-state index contributed by atoms with van der Waals surface area (Å²) >= 11 is 0. The zero-order valence-corrected chi connectivity index (χ0v) is 16.0. The minimum absolute atomic E-state index is 0.181. The quantitative estimate of drug-likeness (QED) is 0.708. The lowest BCUT2D eigenvalue weighted by molar-refractivity contribution is 0.0954. The zero-order chi connectivity index (χ0) is 19.5. The molecule has 0 bridgehead atoms. The number of carbonyl (C=O) groups is 1. The highest BCUT2D eigenvalue weighted by Crippen LogP contribution is 2.33. The molecule has 4 rings (SSSR count). The molecule has 0 saturated heterocycles. The van der Waals surface area contributed by atoms with E-state index in [9.17, 15) is 9.59 Å². The van der Waals surface area contributed by atoms with Crippen molar-refractivity contribution >= 4 is 17.0 Å². The number of nitrogens with one attached hydrogen (secondary N) is 2. The average molecular weight is 380 g/mol. The van der Waals surface area contributed by atoms with Gasteiger partial charge in [0, 0.05) is 36.2 Å². The van der Waals surface area contributed by atoms with Crippen molar-refractivity contribution in [2.45, 2.75) is 51.4 Å². The molecule has 146 valence electrons. The molecule has 7 nitrogen and oxygen atoms in total. The van der Waals surface area contributed by atoms with Crippen molar-refractivity contribution in [3.8, 4) is 0 Å². The van der Waals surface area contributed by atoms with E-state index >= 15 is 0 Å². The molecule has 1 aliphatic rings. The average Bonchev–Trinajstić information content (AvgIpc) is 3.11. The molecule has 0 aliphatic heterocycles. The molecule has 2 heterocycles. The van der Waals surface area contributed by atoms with Crippen molar-refractivity contribution in [3.05, 3.63) is 57.6 Å². The van der Waals surface area contributed by atoms with Crippen LogP contribution in [0, 0.1) is 6.92 Å². The summed E-state index contributed by atoms with van der Waals surface area (Å²) in [5, 5.41) is 2.87. The number of hydrogen-bond acceptors (Lipinski definition) is 5. The molecular weight excluding hydrogens is 356 g/mol. The van der Waals surface area contributed by atoms with Crippen LogP contribution in [0.25, 0.3) is 11.1 Å². The SMILES string of the molecule is Cc1nc(CCNC(=O)c2ccc3nc(C4CCCCC4)oc3c2)cc(=O)[nH]1. The predicted octanol–water partition coefficient (Wildman–Crippen LogP) is 3.24. The van der Waals surface area contributed by atoms with E-state index in [0.717, 1.165) is 24.2 Å². The van der Waals surface area contributed by atoms with E-state index in [0.29, 0.717) is 41.5 Å². The molecule has 1 aliphatic carbocycles. The molecule has 1 saturated carbocycles. The predicted molar refractivity (Wildman–Crippen MR) is 105 cm³/mol. The minimum atomic E-state index is -0.182. The monoisotopic (exact) mass is 380 g/mol. The molecule has 1 amide bonds. The number of aromatic nitrogens is 3. The number of fused-ring (bicyclic) bond motifs is 1. The van der Waals surface area contributed by atoms with E-state index in [1.54, 1.807) is 19.1 Å². The Bertz CT molecular complexity index is 1050. The highest BCUT2D eigenvalue weighted by molar-refractivity contribution is 5.97. The molecule has 2 N–H and O–H groups in total. The smallest absolute Gasteiger partial charge is 0.251 e. The number of oxazole rings is 1. The third-order valence-corrected chi connectivity index (χ3v) is 5.20. The number of carbonyl (C=O) groups excluding carboxylic acids is 1. The van der Waals surface area contributed by atoms with Crippen molar-refractivity contribution < 1.29 is 9.21 Å². The fourth-order valence-electron chi connectivity index (χ4n) is 3.78. The van der Waals surface area contributed by atoms with Crippen LogP contribution in [0.2, 0.25) is 0 Å². The van der Waals surface area contributed by atoms with Crippen molar-refractivity contribution in [3.63, 3.8) is 0 Å². The number of aryl methyl sites for hydroxylation is 1. The van der Waals surface area contributed by atoms with Gasteiger partial charge in [0.05, 0.1) is 0 Å². The normalized spacial score (nSPS) is 15.0. The van der Waals surface area contributed by atoms with E-state index in [-0.39, 0.29) is 11.5 Å². The van der Waals surface area contributed by atoms with Gasteiger partial charge < -0.3 is 14.7 Å². The Morgan fingerprint density at radius 2 is 2.04 bits per heavy atom. The van der Waals surface area contributed by atoms with Crippen LogP contribution >= 0.6 is 0 Å². The summed E-state index contributed by atoms with van der Waals surface area (Å²) in [6.07, 6.45) is 6.46. The molecule has 1 aromatic carbocycles. The van der Waals surface area contributed by atoms with Crippen LogP contribution in [0.4, 0.5) is 0 Å². The maximum atomic E-state index is 12.5. The fourth-order valence-corrected chi connectivity index (χ4v) is 3.78. The topological polar surface area (TPSA) is 101 Å². The number of rotatable bonds is 5. The molecule has 0 spiro atoms. The van der Waals surface area contributed by atoms with Gasteiger partial charge in [-0.3, -0.25) is 9.59 Å². The first-order valence-electron chi connectivity index (χ1n) is 9.84. The van der Waals surface area contributed by atoms with Crippen LogP contribution < -0.4 is 10.9 Å². The van der Waals surface area contributed by atoms with Crippen molar-refractivity contribution in [1.29, 1.82) is 0 Å². The minimum Gasteiger partial charge on any atom is -0.440 e. The van der Waals surface area contributed by atoms with Crippen molar-refractivity contribution in [1.82, 2.24) is 20.3 Å². The summed E-state index contributed by atoms with van der Waals surface area (Å²) in [7, 11) is 0. The Hall–Kier alpha value is -2.96. The summed E-state index contributed by atoms with van der Waals surface area (Å²) in [6, 6.07) is 6.80. The Morgan fingerprint density at radius 1 is 1.21 bits per heavy atom. The molecule has 28 heavy (non-hydrogen) atoms. The molecule has 3 aromatic rings. The number of nitrogens with zero attached hydrogens (tertiary/aromatic N) is 2. The summed E-state index contributed by atoms with van der Waals surface area (Å²) in [5.74, 6) is 1.57. The van der Waals surface area contributed by atoms with Crippen LogP contribution in [0.1, 0.15) is 65.8 Å². The lowest BCUT2D eigenvalue weighted by atomic mass is 9.89. The second-order valence-corrected chi connectivity index (χ2v) is 7.40. The van der Waals surface area contributed by atoms with Gasteiger partial charge in [-0.05, 0) is 38.0 Å². The molecular formula is C21H24N4O3.